The fourth-order valence-electron chi connectivity index (χ4n) is 2.55. The van der Waals surface area contributed by atoms with Gasteiger partial charge in [-0.05, 0) is 31.3 Å². The van der Waals surface area contributed by atoms with Crippen molar-refractivity contribution in [1.29, 1.82) is 0 Å². The highest BCUT2D eigenvalue weighted by Crippen LogP contribution is 2.27. The van der Waals surface area contributed by atoms with Gasteiger partial charge >= 0.3 is 0 Å². The van der Waals surface area contributed by atoms with Gasteiger partial charge in [0.15, 0.2) is 11.6 Å². The molecule has 112 valence electrons. The highest BCUT2D eigenvalue weighted by Gasteiger charge is 2.25. The molecule has 1 aromatic rings. The Balaban J connectivity index is 1.94. The van der Waals surface area contributed by atoms with E-state index in [1.165, 1.54) is 0 Å². The van der Waals surface area contributed by atoms with Crippen LogP contribution < -0.4 is 10.2 Å². The molecule has 0 amide bonds. The Hall–Kier alpha value is -1.23. The number of anilines is 1. The summed E-state index contributed by atoms with van der Waals surface area (Å²) in [5, 5.41) is 3.38. The first-order valence-electron chi connectivity index (χ1n) is 7.07. The largest absolute Gasteiger partial charge is 0.369 e. The minimum absolute atomic E-state index is 0.162. The third-order valence-electron chi connectivity index (χ3n) is 3.60. The van der Waals surface area contributed by atoms with Crippen molar-refractivity contribution in [3.8, 4) is 0 Å². The predicted molar refractivity (Wildman–Crippen MR) is 74.3 cm³/mol. The van der Waals surface area contributed by atoms with Crippen molar-refractivity contribution in [2.75, 3.05) is 31.1 Å². The van der Waals surface area contributed by atoms with Gasteiger partial charge in [-0.3, -0.25) is 0 Å². The van der Waals surface area contributed by atoms with E-state index in [0.717, 1.165) is 25.6 Å². The number of halogens is 3. The first-order chi connectivity index (χ1) is 9.47. The number of hydrogen-bond acceptors (Lipinski definition) is 2. The van der Waals surface area contributed by atoms with Crippen LogP contribution >= 0.6 is 0 Å². The second-order valence-corrected chi connectivity index (χ2v) is 5.87. The van der Waals surface area contributed by atoms with Crippen LogP contribution in [0.2, 0.25) is 0 Å². The molecular formula is C15H21F3N2. The van der Waals surface area contributed by atoms with Gasteiger partial charge in [-0.2, -0.15) is 0 Å². The maximum absolute atomic E-state index is 13.7. The summed E-state index contributed by atoms with van der Waals surface area (Å²) in [6, 6.07) is 1.57. The van der Waals surface area contributed by atoms with Gasteiger partial charge in [-0.1, -0.05) is 13.8 Å². The third-order valence-corrected chi connectivity index (χ3v) is 3.60. The zero-order valence-electron chi connectivity index (χ0n) is 11.9. The molecule has 20 heavy (non-hydrogen) atoms. The molecule has 0 aliphatic carbocycles. The Labute approximate surface area is 118 Å². The molecular weight excluding hydrogens is 265 g/mol. The standard InChI is InChI=1S/C15H21F3N2/c1-10(2)7-19-8-11-3-4-20(9-11)15-6-13(17)12(16)5-14(15)18/h5-6,10-11,19H,3-4,7-9H2,1-2H3. The first-order valence-corrected chi connectivity index (χ1v) is 7.07. The zero-order chi connectivity index (χ0) is 14.7. The molecule has 1 heterocycles. The molecule has 0 spiro atoms. The van der Waals surface area contributed by atoms with Crippen LogP contribution in [0.25, 0.3) is 0 Å². The third kappa shape index (κ3) is 3.66. The second-order valence-electron chi connectivity index (χ2n) is 5.87. The topological polar surface area (TPSA) is 15.3 Å². The number of nitrogens with one attached hydrogen (secondary N) is 1. The van der Waals surface area contributed by atoms with E-state index in [1.54, 1.807) is 4.90 Å². The molecule has 1 unspecified atom stereocenters. The second kappa shape index (κ2) is 6.48. The van der Waals surface area contributed by atoms with Crippen LogP contribution in [0.15, 0.2) is 12.1 Å². The monoisotopic (exact) mass is 286 g/mol. The lowest BCUT2D eigenvalue weighted by atomic mass is 10.1. The molecule has 0 bridgehead atoms. The van der Waals surface area contributed by atoms with Crippen molar-refractivity contribution in [3.05, 3.63) is 29.6 Å². The van der Waals surface area contributed by atoms with Gasteiger partial charge < -0.3 is 10.2 Å². The molecule has 2 nitrogen and oxygen atoms in total. The summed E-state index contributed by atoms with van der Waals surface area (Å²) in [6.07, 6.45) is 0.934. The highest BCUT2D eigenvalue weighted by atomic mass is 19.2. The Bertz CT molecular complexity index is 463. The predicted octanol–water partition coefficient (Wildman–Crippen LogP) is 3.18. The SMILES string of the molecule is CC(C)CNCC1CCN(c2cc(F)c(F)cc2F)C1. The lowest BCUT2D eigenvalue weighted by molar-refractivity contribution is 0.476. The number of nitrogens with zero attached hydrogens (tertiary/aromatic N) is 1. The van der Waals surface area contributed by atoms with Gasteiger partial charge in [0, 0.05) is 25.2 Å². The fourth-order valence-corrected chi connectivity index (χ4v) is 2.55. The Morgan fingerprint density at radius 1 is 1.20 bits per heavy atom. The van der Waals surface area contributed by atoms with Crippen molar-refractivity contribution in [2.24, 2.45) is 11.8 Å². The minimum Gasteiger partial charge on any atom is -0.369 e. The average Bonchev–Trinajstić information content (AvgIpc) is 2.82. The van der Waals surface area contributed by atoms with Crippen LogP contribution in [0.4, 0.5) is 18.9 Å². The number of rotatable bonds is 5. The fraction of sp³-hybridized carbons (Fsp3) is 0.600. The van der Waals surface area contributed by atoms with E-state index < -0.39 is 17.5 Å². The van der Waals surface area contributed by atoms with E-state index >= 15 is 0 Å². The van der Waals surface area contributed by atoms with Crippen LogP contribution in [-0.2, 0) is 0 Å². The van der Waals surface area contributed by atoms with Crippen LogP contribution in [0, 0.1) is 29.3 Å². The summed E-state index contributed by atoms with van der Waals surface area (Å²) in [5.41, 5.74) is 0.162. The minimum atomic E-state index is -1.14. The van der Waals surface area contributed by atoms with E-state index in [-0.39, 0.29) is 5.69 Å². The Morgan fingerprint density at radius 2 is 1.90 bits per heavy atom. The average molecular weight is 286 g/mol. The van der Waals surface area contributed by atoms with Gasteiger partial charge in [0.1, 0.15) is 5.82 Å². The van der Waals surface area contributed by atoms with E-state index in [4.69, 9.17) is 0 Å². The lowest BCUT2D eigenvalue weighted by Gasteiger charge is -2.20. The van der Waals surface area contributed by atoms with Gasteiger partial charge in [-0.25, -0.2) is 13.2 Å². The quantitative estimate of drug-likeness (QED) is 0.836. The molecule has 2 rings (SSSR count). The summed E-state index contributed by atoms with van der Waals surface area (Å²) < 4.78 is 39.8. The molecule has 0 radical (unpaired) electrons. The lowest BCUT2D eigenvalue weighted by Crippen LogP contribution is -2.29. The van der Waals surface area contributed by atoms with Crippen LogP contribution in [-0.4, -0.2) is 26.2 Å². The van der Waals surface area contributed by atoms with Crippen LogP contribution in [0.1, 0.15) is 20.3 Å². The first kappa shape index (κ1) is 15.2. The van der Waals surface area contributed by atoms with Crippen molar-refractivity contribution >= 4 is 5.69 Å². The summed E-state index contributed by atoms with van der Waals surface area (Å²) in [7, 11) is 0. The van der Waals surface area contributed by atoms with Gasteiger partial charge in [-0.15, -0.1) is 0 Å². The van der Waals surface area contributed by atoms with E-state index in [0.29, 0.717) is 31.0 Å². The molecule has 1 atom stereocenters. The van der Waals surface area contributed by atoms with Crippen molar-refractivity contribution in [2.45, 2.75) is 20.3 Å². The summed E-state index contributed by atoms with van der Waals surface area (Å²) in [5.74, 6) is -1.82. The summed E-state index contributed by atoms with van der Waals surface area (Å²) in [6.45, 7) is 7.47. The van der Waals surface area contributed by atoms with Gasteiger partial charge in [0.2, 0.25) is 0 Å². The van der Waals surface area contributed by atoms with Gasteiger partial charge in [0.25, 0.3) is 0 Å². The molecule has 5 heteroatoms. The smallest absolute Gasteiger partial charge is 0.161 e. The molecule has 1 aliphatic rings. The molecule has 0 aromatic heterocycles. The van der Waals surface area contributed by atoms with Gasteiger partial charge in [0.05, 0.1) is 5.69 Å². The van der Waals surface area contributed by atoms with E-state index in [1.807, 2.05) is 0 Å². The molecule has 1 aliphatic heterocycles. The number of benzene rings is 1. The van der Waals surface area contributed by atoms with Crippen molar-refractivity contribution < 1.29 is 13.2 Å². The van der Waals surface area contributed by atoms with Crippen molar-refractivity contribution in [3.63, 3.8) is 0 Å². The Kier molecular flexibility index (Phi) is 4.91. The van der Waals surface area contributed by atoms with Crippen molar-refractivity contribution in [1.82, 2.24) is 5.32 Å². The number of hydrogen-bond donors (Lipinski definition) is 1. The maximum atomic E-state index is 13.7. The summed E-state index contributed by atoms with van der Waals surface area (Å²) in [4.78, 5) is 1.79. The van der Waals surface area contributed by atoms with Crippen LogP contribution in [0.3, 0.4) is 0 Å². The molecule has 1 saturated heterocycles. The Morgan fingerprint density at radius 3 is 2.60 bits per heavy atom. The van der Waals surface area contributed by atoms with E-state index in [2.05, 4.69) is 19.2 Å². The normalized spacial score (nSPS) is 19.1. The highest BCUT2D eigenvalue weighted by molar-refractivity contribution is 5.49. The zero-order valence-corrected chi connectivity index (χ0v) is 11.9. The maximum Gasteiger partial charge on any atom is 0.161 e. The van der Waals surface area contributed by atoms with E-state index in [9.17, 15) is 13.2 Å². The molecule has 1 aromatic carbocycles. The molecule has 0 saturated carbocycles. The van der Waals surface area contributed by atoms with Crippen LogP contribution in [0.5, 0.6) is 0 Å². The molecule has 1 fully saturated rings. The summed E-state index contributed by atoms with van der Waals surface area (Å²) >= 11 is 0. The molecule has 1 N–H and O–H groups in total.